The molecule has 6 heteroatoms. The minimum absolute atomic E-state index is 0.0787. The van der Waals surface area contributed by atoms with E-state index in [1.807, 2.05) is 18.2 Å². The zero-order chi connectivity index (χ0) is 14.3. The van der Waals surface area contributed by atoms with Crippen LogP contribution in [0.15, 0.2) is 30.3 Å². The molecular formula is C13H17NO5. The molecule has 1 amide bonds. The quantitative estimate of drug-likeness (QED) is 0.772. The summed E-state index contributed by atoms with van der Waals surface area (Å²) in [5, 5.41) is 11.4. The highest BCUT2D eigenvalue weighted by Gasteiger charge is 2.36. The Labute approximate surface area is 111 Å². The van der Waals surface area contributed by atoms with Gasteiger partial charge in [0.15, 0.2) is 5.54 Å². The lowest BCUT2D eigenvalue weighted by molar-refractivity contribution is -0.149. The van der Waals surface area contributed by atoms with Gasteiger partial charge in [-0.25, -0.2) is 9.59 Å². The van der Waals surface area contributed by atoms with Crippen molar-refractivity contribution in [2.45, 2.75) is 19.1 Å². The summed E-state index contributed by atoms with van der Waals surface area (Å²) >= 11 is 0. The number of methoxy groups -OCH3 is 1. The van der Waals surface area contributed by atoms with Gasteiger partial charge in [-0.15, -0.1) is 0 Å². The minimum atomic E-state index is -1.51. The monoisotopic (exact) mass is 267 g/mol. The highest BCUT2D eigenvalue weighted by atomic mass is 16.6. The number of carbonyl (C=O) groups excluding carboxylic acids is 2. The van der Waals surface area contributed by atoms with E-state index in [1.165, 1.54) is 14.0 Å². The Morgan fingerprint density at radius 3 is 2.47 bits per heavy atom. The SMILES string of the molecule is COC(=O)[C@](C)(CO)NC(=O)OCc1ccccc1. The van der Waals surface area contributed by atoms with Crippen LogP contribution in [0.25, 0.3) is 0 Å². The van der Waals surface area contributed by atoms with Crippen molar-refractivity contribution in [2.75, 3.05) is 13.7 Å². The van der Waals surface area contributed by atoms with Crippen molar-refractivity contribution in [1.82, 2.24) is 5.32 Å². The predicted molar refractivity (Wildman–Crippen MR) is 67.3 cm³/mol. The summed E-state index contributed by atoms with van der Waals surface area (Å²) in [5.41, 5.74) is -0.691. The smallest absolute Gasteiger partial charge is 0.408 e. The van der Waals surface area contributed by atoms with E-state index in [0.29, 0.717) is 0 Å². The highest BCUT2D eigenvalue weighted by Crippen LogP contribution is 2.07. The van der Waals surface area contributed by atoms with Crippen molar-refractivity contribution in [2.24, 2.45) is 0 Å². The molecule has 2 N–H and O–H groups in total. The van der Waals surface area contributed by atoms with Gasteiger partial charge in [0.05, 0.1) is 13.7 Å². The molecule has 0 saturated carbocycles. The molecule has 0 heterocycles. The molecule has 1 atom stereocenters. The van der Waals surface area contributed by atoms with Crippen LogP contribution in [0, 0.1) is 0 Å². The van der Waals surface area contributed by atoms with Crippen molar-refractivity contribution < 1.29 is 24.2 Å². The second-order valence-electron chi connectivity index (χ2n) is 4.17. The van der Waals surface area contributed by atoms with Crippen molar-refractivity contribution in [1.29, 1.82) is 0 Å². The van der Waals surface area contributed by atoms with Crippen LogP contribution in [0.1, 0.15) is 12.5 Å². The second kappa shape index (κ2) is 6.75. The number of aliphatic hydroxyl groups is 1. The number of ether oxygens (including phenoxy) is 2. The molecule has 6 nitrogen and oxygen atoms in total. The van der Waals surface area contributed by atoms with Gasteiger partial charge in [-0.05, 0) is 12.5 Å². The van der Waals surface area contributed by atoms with E-state index in [1.54, 1.807) is 12.1 Å². The molecule has 19 heavy (non-hydrogen) atoms. The fourth-order valence-corrected chi connectivity index (χ4v) is 1.36. The van der Waals surface area contributed by atoms with Crippen LogP contribution < -0.4 is 5.32 Å². The first-order valence-electron chi connectivity index (χ1n) is 5.70. The standard InChI is InChI=1S/C13H17NO5/c1-13(9-15,11(16)18-2)14-12(17)19-8-10-6-4-3-5-7-10/h3-7,15H,8-9H2,1-2H3,(H,14,17)/t13-/m0/s1. The molecule has 0 saturated heterocycles. The van der Waals surface area contributed by atoms with Gasteiger partial charge >= 0.3 is 12.1 Å². The first kappa shape index (κ1) is 15.0. The lowest BCUT2D eigenvalue weighted by atomic mass is 10.1. The molecule has 0 spiro atoms. The zero-order valence-corrected chi connectivity index (χ0v) is 10.9. The van der Waals surface area contributed by atoms with Crippen LogP contribution in [-0.4, -0.2) is 36.4 Å². The maximum atomic E-state index is 11.6. The van der Waals surface area contributed by atoms with Crippen molar-refractivity contribution in [3.63, 3.8) is 0 Å². The Morgan fingerprint density at radius 2 is 1.95 bits per heavy atom. The topological polar surface area (TPSA) is 84.9 Å². The van der Waals surface area contributed by atoms with Gasteiger partial charge < -0.3 is 19.9 Å². The van der Waals surface area contributed by atoms with Gasteiger partial charge in [-0.3, -0.25) is 0 Å². The molecule has 0 bridgehead atoms. The molecule has 0 fully saturated rings. The summed E-state index contributed by atoms with van der Waals surface area (Å²) in [7, 11) is 1.17. The third kappa shape index (κ3) is 4.26. The molecule has 0 aromatic heterocycles. The Bertz CT molecular complexity index is 434. The lowest BCUT2D eigenvalue weighted by Gasteiger charge is -2.24. The van der Waals surface area contributed by atoms with Gasteiger partial charge in [0.2, 0.25) is 0 Å². The molecule has 1 aromatic rings. The van der Waals surface area contributed by atoms with E-state index in [0.717, 1.165) is 5.56 Å². The summed E-state index contributed by atoms with van der Waals surface area (Å²) in [6.45, 7) is 0.845. The Kier molecular flexibility index (Phi) is 5.32. The van der Waals surface area contributed by atoms with E-state index in [-0.39, 0.29) is 6.61 Å². The number of nitrogens with one attached hydrogen (secondary N) is 1. The molecule has 1 rings (SSSR count). The molecular weight excluding hydrogens is 250 g/mol. The van der Waals surface area contributed by atoms with Crippen LogP contribution in [0.2, 0.25) is 0 Å². The van der Waals surface area contributed by atoms with E-state index < -0.39 is 24.2 Å². The van der Waals surface area contributed by atoms with E-state index in [2.05, 4.69) is 10.1 Å². The number of rotatable bonds is 5. The third-order valence-corrected chi connectivity index (χ3v) is 2.54. The van der Waals surface area contributed by atoms with Crippen LogP contribution in [-0.2, 0) is 20.9 Å². The number of hydrogen-bond donors (Lipinski definition) is 2. The number of benzene rings is 1. The first-order chi connectivity index (χ1) is 9.01. The predicted octanol–water partition coefficient (Wildman–Crippen LogP) is 0.837. The number of carbonyl (C=O) groups is 2. The maximum Gasteiger partial charge on any atom is 0.408 e. The molecule has 0 unspecified atom stereocenters. The van der Waals surface area contributed by atoms with Crippen LogP contribution in [0.4, 0.5) is 4.79 Å². The fraction of sp³-hybridized carbons (Fsp3) is 0.385. The largest absolute Gasteiger partial charge is 0.467 e. The summed E-state index contributed by atoms with van der Waals surface area (Å²) < 4.78 is 9.45. The summed E-state index contributed by atoms with van der Waals surface area (Å²) in [6.07, 6.45) is -0.800. The highest BCUT2D eigenvalue weighted by molar-refractivity contribution is 5.85. The number of aliphatic hydroxyl groups excluding tert-OH is 1. The van der Waals surface area contributed by atoms with Crippen molar-refractivity contribution >= 4 is 12.1 Å². The molecule has 1 aromatic carbocycles. The van der Waals surface area contributed by atoms with Crippen molar-refractivity contribution in [3.05, 3.63) is 35.9 Å². The van der Waals surface area contributed by atoms with Gasteiger partial charge in [0.25, 0.3) is 0 Å². The van der Waals surface area contributed by atoms with Crippen LogP contribution >= 0.6 is 0 Å². The Hall–Kier alpha value is -2.08. The molecule has 0 aliphatic rings. The average Bonchev–Trinajstić information content (AvgIpc) is 2.45. The van der Waals surface area contributed by atoms with Crippen molar-refractivity contribution in [3.8, 4) is 0 Å². The van der Waals surface area contributed by atoms with Gasteiger partial charge in [-0.1, -0.05) is 30.3 Å². The van der Waals surface area contributed by atoms with E-state index in [9.17, 15) is 9.59 Å². The Morgan fingerprint density at radius 1 is 1.32 bits per heavy atom. The summed E-state index contributed by atoms with van der Waals surface area (Å²) in [4.78, 5) is 23.0. The minimum Gasteiger partial charge on any atom is -0.467 e. The van der Waals surface area contributed by atoms with E-state index >= 15 is 0 Å². The number of hydrogen-bond acceptors (Lipinski definition) is 5. The molecule has 0 radical (unpaired) electrons. The van der Waals surface area contributed by atoms with Gasteiger partial charge in [-0.2, -0.15) is 0 Å². The normalized spacial score (nSPS) is 13.2. The van der Waals surface area contributed by atoms with Crippen LogP contribution in [0.3, 0.4) is 0 Å². The molecule has 104 valence electrons. The first-order valence-corrected chi connectivity index (χ1v) is 5.70. The second-order valence-corrected chi connectivity index (χ2v) is 4.17. The lowest BCUT2D eigenvalue weighted by Crippen LogP contribution is -2.55. The number of esters is 1. The fourth-order valence-electron chi connectivity index (χ4n) is 1.36. The van der Waals surface area contributed by atoms with Gasteiger partial charge in [0.1, 0.15) is 6.61 Å². The average molecular weight is 267 g/mol. The summed E-state index contributed by atoms with van der Waals surface area (Å²) in [6, 6.07) is 9.10. The number of alkyl carbamates (subject to hydrolysis) is 1. The van der Waals surface area contributed by atoms with E-state index in [4.69, 9.17) is 9.84 Å². The van der Waals surface area contributed by atoms with Gasteiger partial charge in [0, 0.05) is 0 Å². The maximum absolute atomic E-state index is 11.6. The third-order valence-electron chi connectivity index (χ3n) is 2.54. The Balaban J connectivity index is 2.52. The summed E-state index contributed by atoms with van der Waals surface area (Å²) in [5.74, 6) is -0.744. The molecule has 0 aliphatic heterocycles. The molecule has 0 aliphatic carbocycles. The number of amides is 1. The van der Waals surface area contributed by atoms with Crippen LogP contribution in [0.5, 0.6) is 0 Å². The zero-order valence-electron chi connectivity index (χ0n) is 10.9.